The summed E-state index contributed by atoms with van der Waals surface area (Å²) in [6.07, 6.45) is 1.56. The van der Waals surface area contributed by atoms with Gasteiger partial charge in [0, 0.05) is 0 Å². The number of rotatable bonds is 2. The lowest BCUT2D eigenvalue weighted by molar-refractivity contribution is 0.128. The van der Waals surface area contributed by atoms with Crippen molar-refractivity contribution in [2.45, 2.75) is 12.5 Å². The van der Waals surface area contributed by atoms with Crippen molar-refractivity contribution in [3.05, 3.63) is 35.9 Å². The maximum absolute atomic E-state index is 10.3. The fourth-order valence-electron chi connectivity index (χ4n) is 0.822. The zero-order chi connectivity index (χ0) is 8.32. The zero-order valence-electron chi connectivity index (χ0n) is 6.24. The van der Waals surface area contributed by atoms with E-state index in [1.54, 1.807) is 30.6 Å². The van der Waals surface area contributed by atoms with Crippen LogP contribution >= 0.6 is 0 Å². The number of hydrogen-bond donors (Lipinski definition) is 1. The van der Waals surface area contributed by atoms with E-state index in [4.69, 9.17) is 0 Å². The average molecular weight is 149 g/mol. The monoisotopic (exact) mass is 149 g/mol. The maximum Gasteiger partial charge on any atom is 0.237 e. The van der Waals surface area contributed by atoms with E-state index in [1.807, 2.05) is 6.07 Å². The fraction of sp³-hybridized carbons (Fsp3) is 0.222. The summed E-state index contributed by atoms with van der Waals surface area (Å²) in [7, 11) is 0. The third-order valence-corrected chi connectivity index (χ3v) is 1.53. The molecule has 0 bridgehead atoms. The summed E-state index contributed by atoms with van der Waals surface area (Å²) in [6, 6.07) is 8.72. The van der Waals surface area contributed by atoms with Crippen molar-refractivity contribution in [2.24, 2.45) is 0 Å². The summed E-state index contributed by atoms with van der Waals surface area (Å²) in [5, 5.41) is 9.37. The third-order valence-electron chi connectivity index (χ3n) is 1.53. The maximum atomic E-state index is 10.3. The number of aliphatic hydroxyl groups is 1. The molecule has 11 heavy (non-hydrogen) atoms. The topological polar surface area (TPSA) is 37.3 Å². The molecule has 2 heteroatoms. The van der Waals surface area contributed by atoms with E-state index >= 15 is 0 Å². The molecule has 0 fully saturated rings. The Kier molecular flexibility index (Phi) is 2.06. The van der Waals surface area contributed by atoms with Crippen LogP contribution in [0.25, 0.3) is 0 Å². The molecule has 0 saturated heterocycles. The minimum Gasteiger partial charge on any atom is -0.377 e. The van der Waals surface area contributed by atoms with E-state index in [9.17, 15) is 9.90 Å². The van der Waals surface area contributed by atoms with Gasteiger partial charge in [-0.05, 0) is 12.5 Å². The first-order valence-electron chi connectivity index (χ1n) is 3.34. The molecular weight excluding hydrogens is 140 g/mol. The molecule has 0 aliphatic rings. The molecule has 0 spiro atoms. The molecule has 2 nitrogen and oxygen atoms in total. The summed E-state index contributed by atoms with van der Waals surface area (Å²) in [5.41, 5.74) is -0.906. The summed E-state index contributed by atoms with van der Waals surface area (Å²) in [5.74, 6) is 0. The van der Waals surface area contributed by atoms with Crippen LogP contribution in [0.3, 0.4) is 0 Å². The Labute approximate surface area is 65.5 Å². The van der Waals surface area contributed by atoms with Crippen molar-refractivity contribution >= 4 is 6.29 Å². The van der Waals surface area contributed by atoms with Gasteiger partial charge in [0.25, 0.3) is 0 Å². The van der Waals surface area contributed by atoms with Crippen LogP contribution < -0.4 is 0 Å². The van der Waals surface area contributed by atoms with Gasteiger partial charge >= 0.3 is 0 Å². The average Bonchev–Trinajstić information content (AvgIpc) is 2.06. The molecule has 1 rings (SSSR count). The van der Waals surface area contributed by atoms with Gasteiger partial charge in [0.15, 0.2) is 5.60 Å². The van der Waals surface area contributed by atoms with Crippen LogP contribution in [0.4, 0.5) is 0 Å². The van der Waals surface area contributed by atoms with Crippen molar-refractivity contribution < 1.29 is 9.90 Å². The summed E-state index contributed by atoms with van der Waals surface area (Å²) >= 11 is 0. The number of carbonyl (C=O) groups excluding carboxylic acids is 1. The Morgan fingerprint density at radius 1 is 1.36 bits per heavy atom. The highest BCUT2D eigenvalue weighted by molar-refractivity contribution is 5.65. The molecule has 1 radical (unpaired) electrons. The van der Waals surface area contributed by atoms with Crippen LogP contribution in [0.15, 0.2) is 30.3 Å². The summed E-state index contributed by atoms with van der Waals surface area (Å²) in [4.78, 5) is 10.3. The van der Waals surface area contributed by atoms with E-state index in [2.05, 4.69) is 0 Å². The number of hydrogen-bond acceptors (Lipinski definition) is 2. The quantitative estimate of drug-likeness (QED) is 0.681. The number of benzene rings is 1. The second-order valence-electron chi connectivity index (χ2n) is 2.54. The first-order valence-corrected chi connectivity index (χ1v) is 3.34. The molecule has 0 heterocycles. The van der Waals surface area contributed by atoms with Gasteiger partial charge < -0.3 is 5.11 Å². The van der Waals surface area contributed by atoms with Gasteiger partial charge in [-0.2, -0.15) is 0 Å². The first kappa shape index (κ1) is 7.95. The largest absolute Gasteiger partial charge is 0.377 e. The van der Waals surface area contributed by atoms with Crippen LogP contribution in [-0.4, -0.2) is 11.4 Å². The minimum atomic E-state index is -1.47. The third kappa shape index (κ3) is 1.65. The van der Waals surface area contributed by atoms with Gasteiger partial charge in [-0.1, -0.05) is 30.3 Å². The van der Waals surface area contributed by atoms with Crippen molar-refractivity contribution in [3.8, 4) is 0 Å². The first-order chi connectivity index (χ1) is 5.17. The molecule has 57 valence electrons. The Bertz CT molecular complexity index is 239. The lowest BCUT2D eigenvalue weighted by atomic mass is 9.98. The van der Waals surface area contributed by atoms with Crippen LogP contribution in [0.2, 0.25) is 0 Å². The van der Waals surface area contributed by atoms with Crippen LogP contribution in [0.5, 0.6) is 0 Å². The molecule has 1 aromatic rings. The molecule has 0 aliphatic heterocycles. The Morgan fingerprint density at radius 2 is 1.91 bits per heavy atom. The van der Waals surface area contributed by atoms with Gasteiger partial charge in [0.2, 0.25) is 6.29 Å². The molecule has 0 aromatic heterocycles. The van der Waals surface area contributed by atoms with E-state index in [0.717, 1.165) is 0 Å². The lowest BCUT2D eigenvalue weighted by Gasteiger charge is -2.13. The van der Waals surface area contributed by atoms with Gasteiger partial charge in [-0.15, -0.1) is 0 Å². The lowest BCUT2D eigenvalue weighted by Crippen LogP contribution is -2.22. The molecule has 0 amide bonds. The van der Waals surface area contributed by atoms with Gasteiger partial charge in [0.1, 0.15) is 0 Å². The van der Waals surface area contributed by atoms with E-state index in [1.165, 1.54) is 6.92 Å². The molecule has 1 unspecified atom stereocenters. The van der Waals surface area contributed by atoms with Crippen molar-refractivity contribution in [3.63, 3.8) is 0 Å². The Balaban J connectivity index is 3.02. The predicted octanol–water partition coefficient (Wildman–Crippen LogP) is 1.00. The van der Waals surface area contributed by atoms with E-state index in [0.29, 0.717) is 5.56 Å². The van der Waals surface area contributed by atoms with Crippen molar-refractivity contribution in [2.75, 3.05) is 0 Å². The molecule has 1 aromatic carbocycles. The Morgan fingerprint density at radius 3 is 2.36 bits per heavy atom. The molecule has 1 N–H and O–H groups in total. The van der Waals surface area contributed by atoms with Crippen LogP contribution in [-0.2, 0) is 10.4 Å². The van der Waals surface area contributed by atoms with E-state index in [-0.39, 0.29) is 0 Å². The molecule has 0 saturated carbocycles. The molecule has 0 aliphatic carbocycles. The highest BCUT2D eigenvalue weighted by Crippen LogP contribution is 2.16. The SMILES string of the molecule is CC(O)([C]=O)c1ccccc1. The summed E-state index contributed by atoms with van der Waals surface area (Å²) in [6.45, 7) is 1.41. The zero-order valence-corrected chi connectivity index (χ0v) is 6.24. The smallest absolute Gasteiger partial charge is 0.237 e. The highest BCUT2D eigenvalue weighted by Gasteiger charge is 2.22. The second-order valence-corrected chi connectivity index (χ2v) is 2.54. The molecule has 1 atom stereocenters. The van der Waals surface area contributed by atoms with Gasteiger partial charge in [-0.3, -0.25) is 4.79 Å². The van der Waals surface area contributed by atoms with Crippen molar-refractivity contribution in [1.82, 2.24) is 0 Å². The standard InChI is InChI=1S/C9H9O2/c1-9(11,7-10)8-5-3-2-4-6-8/h2-6,11H,1H3. The Hall–Kier alpha value is -1.15. The second kappa shape index (κ2) is 2.84. The van der Waals surface area contributed by atoms with Crippen LogP contribution in [0.1, 0.15) is 12.5 Å². The van der Waals surface area contributed by atoms with Gasteiger partial charge in [0.05, 0.1) is 0 Å². The van der Waals surface area contributed by atoms with Crippen LogP contribution in [0, 0.1) is 0 Å². The highest BCUT2D eigenvalue weighted by atomic mass is 16.3. The van der Waals surface area contributed by atoms with Gasteiger partial charge in [-0.25, -0.2) is 0 Å². The van der Waals surface area contributed by atoms with Crippen molar-refractivity contribution in [1.29, 1.82) is 0 Å². The van der Waals surface area contributed by atoms with E-state index < -0.39 is 5.60 Å². The minimum absolute atomic E-state index is 0.565. The molecular formula is C9H9O2. The fourth-order valence-corrected chi connectivity index (χ4v) is 0.822. The predicted molar refractivity (Wildman–Crippen MR) is 41.7 cm³/mol. The normalized spacial score (nSPS) is 15.5. The summed E-state index contributed by atoms with van der Waals surface area (Å²) < 4.78 is 0.